The van der Waals surface area contributed by atoms with Gasteiger partial charge in [-0.1, -0.05) is 35.3 Å². The Labute approximate surface area is 284 Å². The van der Waals surface area contributed by atoms with Gasteiger partial charge in [0.25, 0.3) is 0 Å². The number of aliphatic hydroxyl groups is 1. The molecule has 0 bridgehead atoms. The summed E-state index contributed by atoms with van der Waals surface area (Å²) in [6.07, 6.45) is 0.425. The third-order valence-corrected chi connectivity index (χ3v) is 7.89. The number of amides is 2. The van der Waals surface area contributed by atoms with Gasteiger partial charge in [-0.2, -0.15) is 5.10 Å². The number of carbonyl (C=O) groups excluding carboxylic acids is 2. The highest BCUT2D eigenvalue weighted by Gasteiger charge is 2.32. The number of nitrogens with one attached hydrogen (secondary N) is 3. The van der Waals surface area contributed by atoms with Crippen LogP contribution < -0.4 is 30.3 Å². The van der Waals surface area contributed by atoms with Crippen molar-refractivity contribution in [2.24, 2.45) is 5.10 Å². The second-order valence-corrected chi connectivity index (χ2v) is 11.6. The van der Waals surface area contributed by atoms with Crippen molar-refractivity contribution in [3.05, 3.63) is 96.2 Å². The van der Waals surface area contributed by atoms with Gasteiger partial charge < -0.3 is 34.7 Å². The third-order valence-electron chi connectivity index (χ3n) is 6.46. The summed E-state index contributed by atoms with van der Waals surface area (Å²) in [5.74, 6) is 0.842. The molecule has 0 fully saturated rings. The van der Waals surface area contributed by atoms with Gasteiger partial charge in [0, 0.05) is 21.3 Å². The first-order chi connectivity index (χ1) is 21.6. The number of allylic oxidation sites excluding steroid dienone is 1. The minimum Gasteiger partial charge on any atom is -0.490 e. The van der Waals surface area contributed by atoms with E-state index in [2.05, 4.69) is 43.8 Å². The number of rotatable bonds is 13. The predicted octanol–water partition coefficient (Wildman–Crippen LogP) is 5.70. The molecule has 1 aliphatic rings. The van der Waals surface area contributed by atoms with Crippen LogP contribution in [0.2, 0.25) is 10.0 Å². The van der Waals surface area contributed by atoms with E-state index in [-0.39, 0.29) is 12.2 Å². The van der Waals surface area contributed by atoms with Crippen LogP contribution in [0.1, 0.15) is 36.6 Å². The van der Waals surface area contributed by atoms with Crippen molar-refractivity contribution in [1.82, 2.24) is 16.1 Å². The minimum atomic E-state index is -1.14. The molecule has 4 N–H and O–H groups in total. The summed E-state index contributed by atoms with van der Waals surface area (Å²) in [6, 6.07) is 14.6. The highest BCUT2D eigenvalue weighted by atomic mass is 127. The van der Waals surface area contributed by atoms with Crippen LogP contribution in [0.25, 0.3) is 0 Å². The van der Waals surface area contributed by atoms with Crippen LogP contribution in [-0.2, 0) is 16.1 Å². The lowest BCUT2D eigenvalue weighted by Crippen LogP contribution is -2.45. The number of hydrogen-bond acceptors (Lipinski definition) is 9. The van der Waals surface area contributed by atoms with E-state index in [1.54, 1.807) is 43.5 Å². The van der Waals surface area contributed by atoms with Crippen LogP contribution in [0.3, 0.4) is 0 Å². The van der Waals surface area contributed by atoms with Gasteiger partial charge in [0.05, 0.1) is 35.1 Å². The van der Waals surface area contributed by atoms with Gasteiger partial charge in [-0.3, -0.25) is 5.43 Å². The van der Waals surface area contributed by atoms with Crippen LogP contribution in [0.4, 0.5) is 4.79 Å². The van der Waals surface area contributed by atoms with E-state index in [9.17, 15) is 14.7 Å². The fraction of sp³-hybridized carbons (Fsp3) is 0.258. The van der Waals surface area contributed by atoms with Crippen LogP contribution in [0, 0.1) is 3.57 Å². The molecule has 1 aliphatic heterocycles. The normalized spacial score (nSPS) is 15.3. The van der Waals surface area contributed by atoms with Crippen molar-refractivity contribution in [3.8, 4) is 17.2 Å². The molecular formula is C31H31Cl2IN4O7. The Balaban J connectivity index is 1.34. The number of esters is 1. The largest absolute Gasteiger partial charge is 0.490 e. The summed E-state index contributed by atoms with van der Waals surface area (Å²) in [7, 11) is 1.27. The first-order valence-electron chi connectivity index (χ1n) is 13.7. The molecule has 1 heterocycles. The van der Waals surface area contributed by atoms with Crippen molar-refractivity contribution < 1.29 is 33.6 Å². The average Bonchev–Trinajstić information content (AvgIpc) is 3.00. The van der Waals surface area contributed by atoms with Gasteiger partial charge >= 0.3 is 12.0 Å². The molecule has 2 amide bonds. The second-order valence-electron chi connectivity index (χ2n) is 9.63. The Morgan fingerprint density at radius 3 is 2.58 bits per heavy atom. The lowest BCUT2D eigenvalue weighted by molar-refractivity contribution is -0.136. The Morgan fingerprint density at radius 1 is 1.09 bits per heavy atom. The molecule has 0 spiro atoms. The summed E-state index contributed by atoms with van der Waals surface area (Å²) in [4.78, 5) is 24.6. The number of hydrazone groups is 1. The van der Waals surface area contributed by atoms with Crippen LogP contribution in [-0.4, -0.2) is 49.9 Å². The number of carbonyl (C=O) groups is 2. The molecule has 0 saturated carbocycles. The summed E-state index contributed by atoms with van der Waals surface area (Å²) in [5.41, 5.74) is 5.48. The highest BCUT2D eigenvalue weighted by Crippen LogP contribution is 2.35. The number of benzene rings is 3. The number of methoxy groups -OCH3 is 1. The zero-order chi connectivity index (χ0) is 32.5. The molecule has 0 radical (unpaired) electrons. The van der Waals surface area contributed by atoms with Gasteiger partial charge in [0.1, 0.15) is 19.0 Å². The first-order valence-corrected chi connectivity index (χ1v) is 15.5. The second kappa shape index (κ2) is 16.0. The third kappa shape index (κ3) is 9.16. The number of aliphatic hydroxyl groups excluding tert-OH is 1. The summed E-state index contributed by atoms with van der Waals surface area (Å²) in [6.45, 7) is 3.92. The Hall–Kier alpha value is -3.72. The lowest BCUT2D eigenvalue weighted by atomic mass is 9.95. The van der Waals surface area contributed by atoms with Crippen molar-refractivity contribution in [2.45, 2.75) is 32.7 Å². The van der Waals surface area contributed by atoms with Crippen molar-refractivity contribution in [1.29, 1.82) is 0 Å². The quantitative estimate of drug-likeness (QED) is 0.0572. The summed E-state index contributed by atoms with van der Waals surface area (Å²) < 4.78 is 23.2. The maximum atomic E-state index is 12.4. The lowest BCUT2D eigenvalue weighted by Gasteiger charge is -2.28. The Morgan fingerprint density at radius 2 is 1.87 bits per heavy atom. The van der Waals surface area contributed by atoms with Crippen LogP contribution in [0.15, 0.2) is 71.0 Å². The smallest absolute Gasteiger partial charge is 0.337 e. The van der Waals surface area contributed by atoms with Gasteiger partial charge in [-0.15, -0.1) is 0 Å². The molecule has 14 heteroatoms. The summed E-state index contributed by atoms with van der Waals surface area (Å²) in [5, 5.41) is 21.0. The van der Waals surface area contributed by atoms with E-state index < -0.39 is 24.3 Å². The zero-order valence-electron chi connectivity index (χ0n) is 24.5. The van der Waals surface area contributed by atoms with E-state index in [1.165, 1.54) is 7.11 Å². The Kier molecular flexibility index (Phi) is 12.2. The SMILES string of the molecule is CCOc1cc([C@@H]2NC(=O)NC(C)=C2C(=O)OC)ccc1OC[C@@H](O)N/N=C\c1ccc(OCc2ccc(Cl)cc2Cl)c(I)c1. The molecule has 0 aliphatic carbocycles. The number of ether oxygens (including phenoxy) is 4. The molecule has 0 saturated heterocycles. The van der Waals surface area contributed by atoms with Gasteiger partial charge in [-0.25, -0.2) is 9.59 Å². The monoisotopic (exact) mass is 768 g/mol. The first kappa shape index (κ1) is 34.2. The molecule has 45 heavy (non-hydrogen) atoms. The maximum absolute atomic E-state index is 12.4. The molecule has 11 nitrogen and oxygen atoms in total. The average molecular weight is 769 g/mol. The number of urea groups is 1. The van der Waals surface area contributed by atoms with Crippen LogP contribution in [0.5, 0.6) is 17.2 Å². The molecule has 4 rings (SSSR count). The van der Waals surface area contributed by atoms with E-state index >= 15 is 0 Å². The maximum Gasteiger partial charge on any atom is 0.337 e. The fourth-order valence-electron chi connectivity index (χ4n) is 4.33. The van der Waals surface area contributed by atoms with E-state index in [1.807, 2.05) is 31.2 Å². The van der Waals surface area contributed by atoms with E-state index in [0.29, 0.717) is 51.8 Å². The molecule has 2 atom stereocenters. The molecular weight excluding hydrogens is 738 g/mol. The topological polar surface area (TPSA) is 140 Å². The minimum absolute atomic E-state index is 0.148. The number of nitrogens with zero attached hydrogens (tertiary/aromatic N) is 1. The van der Waals surface area contributed by atoms with Gasteiger partial charge in [0.2, 0.25) is 0 Å². The van der Waals surface area contributed by atoms with E-state index in [4.69, 9.17) is 42.1 Å². The standard InChI is InChI=1S/C31H31Cl2IN4O7/c1-4-43-26-12-19(29-28(30(40)42-3)17(2)36-31(41)37-29)7-10-25(26)45-16-27(39)38-35-14-18-5-9-24(23(34)11-18)44-15-20-6-8-21(32)13-22(20)33/h5-14,27,29,38-39H,4,15-16H2,1-3H3,(H2,36,37,41)/b35-14-/t27-,29+/m1/s1. The molecule has 3 aromatic rings. The Bertz CT molecular complexity index is 1620. The van der Waals surface area contributed by atoms with Gasteiger partial charge in [0.15, 0.2) is 17.7 Å². The number of halogens is 3. The van der Waals surface area contributed by atoms with Gasteiger partial charge in [-0.05, 0) is 90.0 Å². The fourth-order valence-corrected chi connectivity index (χ4v) is 5.49. The molecule has 3 aromatic carbocycles. The molecule has 238 valence electrons. The number of hydrogen-bond donors (Lipinski definition) is 4. The van der Waals surface area contributed by atoms with Crippen molar-refractivity contribution in [2.75, 3.05) is 20.3 Å². The van der Waals surface area contributed by atoms with Crippen LogP contribution >= 0.6 is 45.8 Å². The van der Waals surface area contributed by atoms with Crippen molar-refractivity contribution in [3.63, 3.8) is 0 Å². The van der Waals surface area contributed by atoms with Crippen molar-refractivity contribution >= 4 is 64.0 Å². The molecule has 0 unspecified atom stereocenters. The summed E-state index contributed by atoms with van der Waals surface area (Å²) >= 11 is 14.4. The molecule has 0 aromatic heterocycles. The zero-order valence-corrected chi connectivity index (χ0v) is 28.2. The predicted molar refractivity (Wildman–Crippen MR) is 179 cm³/mol. The van der Waals surface area contributed by atoms with E-state index in [0.717, 1.165) is 14.7 Å². The highest BCUT2D eigenvalue weighted by molar-refractivity contribution is 14.1.